The predicted octanol–water partition coefficient (Wildman–Crippen LogP) is 5.35. The van der Waals surface area contributed by atoms with E-state index in [2.05, 4.69) is 31.2 Å². The van der Waals surface area contributed by atoms with Crippen LogP contribution in [0.15, 0.2) is 24.3 Å². The first kappa shape index (κ1) is 18.0. The Bertz CT molecular complexity index is 1020. The molecule has 0 aliphatic heterocycles. The fourth-order valence-corrected chi connectivity index (χ4v) is 5.25. The van der Waals surface area contributed by atoms with Gasteiger partial charge in [0.1, 0.15) is 4.83 Å². The number of hydrogen-bond acceptors (Lipinski definition) is 4. The molecule has 1 unspecified atom stereocenters. The van der Waals surface area contributed by atoms with Gasteiger partial charge in [-0.1, -0.05) is 29.8 Å². The summed E-state index contributed by atoms with van der Waals surface area (Å²) in [4.78, 5) is 19.0. The van der Waals surface area contributed by atoms with Gasteiger partial charge in [0.05, 0.1) is 13.0 Å². The van der Waals surface area contributed by atoms with Gasteiger partial charge in [0.15, 0.2) is 0 Å². The Balaban J connectivity index is 2.13. The van der Waals surface area contributed by atoms with E-state index >= 15 is 0 Å². The number of carboxylic acid groups (broad SMARTS) is 1. The summed E-state index contributed by atoms with van der Waals surface area (Å²) in [6, 6.07) is 8.30. The van der Waals surface area contributed by atoms with Crippen molar-refractivity contribution in [2.75, 3.05) is 7.11 Å². The molecule has 140 valence electrons. The van der Waals surface area contributed by atoms with Gasteiger partial charge in [0.2, 0.25) is 5.88 Å². The molecule has 0 saturated carbocycles. The van der Waals surface area contributed by atoms with E-state index in [1.165, 1.54) is 28.8 Å². The Hall–Kier alpha value is -2.40. The highest BCUT2D eigenvalue weighted by molar-refractivity contribution is 7.19. The lowest BCUT2D eigenvalue weighted by Crippen LogP contribution is -2.12. The SMILES string of the molecule is COc1nc2sc3c(c2c(-c2ccc(C)cc2)c1C(C)C(=O)O)CCCC3. The number of methoxy groups -OCH3 is 1. The topological polar surface area (TPSA) is 59.4 Å². The van der Waals surface area contributed by atoms with Crippen LogP contribution in [0.25, 0.3) is 21.3 Å². The highest BCUT2D eigenvalue weighted by Crippen LogP contribution is 2.46. The number of aliphatic carboxylic acids is 1. The maximum Gasteiger partial charge on any atom is 0.310 e. The third kappa shape index (κ3) is 3.00. The average molecular weight is 381 g/mol. The number of hydrogen-bond donors (Lipinski definition) is 1. The van der Waals surface area contributed by atoms with Crippen molar-refractivity contribution < 1.29 is 14.6 Å². The Morgan fingerprint density at radius 2 is 1.93 bits per heavy atom. The average Bonchev–Trinajstić information content (AvgIpc) is 3.04. The number of carboxylic acids is 1. The number of ether oxygens (including phenoxy) is 1. The second kappa shape index (κ2) is 6.97. The first-order valence-electron chi connectivity index (χ1n) is 9.33. The maximum atomic E-state index is 11.9. The van der Waals surface area contributed by atoms with Crippen LogP contribution in [0.2, 0.25) is 0 Å². The predicted molar refractivity (Wildman–Crippen MR) is 109 cm³/mol. The first-order chi connectivity index (χ1) is 13.0. The van der Waals surface area contributed by atoms with Gasteiger partial charge in [-0.15, -0.1) is 11.3 Å². The standard InChI is InChI=1S/C22H23NO3S/c1-12-8-10-14(11-9-12)18-17(13(2)22(24)25)20(26-3)23-21-19(18)15-6-4-5-7-16(15)27-21/h8-11,13H,4-7H2,1-3H3,(H,24,25). The van der Waals surface area contributed by atoms with Crippen LogP contribution in [0.3, 0.4) is 0 Å². The second-order valence-corrected chi connectivity index (χ2v) is 8.31. The van der Waals surface area contributed by atoms with Crippen molar-refractivity contribution in [1.82, 2.24) is 4.98 Å². The molecule has 27 heavy (non-hydrogen) atoms. The molecule has 3 aromatic rings. The first-order valence-corrected chi connectivity index (χ1v) is 10.1. The fraction of sp³-hybridized carbons (Fsp3) is 0.364. The van der Waals surface area contributed by atoms with E-state index in [9.17, 15) is 9.90 Å². The molecule has 4 nitrogen and oxygen atoms in total. The van der Waals surface area contributed by atoms with E-state index in [1.54, 1.807) is 25.4 Å². The summed E-state index contributed by atoms with van der Waals surface area (Å²) in [5.41, 5.74) is 5.21. The lowest BCUT2D eigenvalue weighted by molar-refractivity contribution is -0.138. The highest BCUT2D eigenvalue weighted by Gasteiger charge is 2.29. The Labute approximate surface area is 162 Å². The second-order valence-electron chi connectivity index (χ2n) is 7.23. The summed E-state index contributed by atoms with van der Waals surface area (Å²) < 4.78 is 5.57. The number of aryl methyl sites for hydroxylation is 3. The normalized spacial score (nSPS) is 14.8. The molecular formula is C22H23NO3S. The Kier molecular flexibility index (Phi) is 4.64. The van der Waals surface area contributed by atoms with Crippen molar-refractivity contribution in [2.45, 2.75) is 45.4 Å². The summed E-state index contributed by atoms with van der Waals surface area (Å²) in [7, 11) is 1.57. The van der Waals surface area contributed by atoms with Gasteiger partial charge in [-0.2, -0.15) is 0 Å². The molecule has 0 radical (unpaired) electrons. The van der Waals surface area contributed by atoms with Gasteiger partial charge in [-0.25, -0.2) is 4.98 Å². The third-order valence-electron chi connectivity index (χ3n) is 5.44. The third-order valence-corrected chi connectivity index (χ3v) is 6.63. The molecule has 1 aliphatic rings. The zero-order valence-electron chi connectivity index (χ0n) is 15.8. The largest absolute Gasteiger partial charge is 0.481 e. The number of benzene rings is 1. The van der Waals surface area contributed by atoms with Crippen molar-refractivity contribution in [3.05, 3.63) is 45.8 Å². The van der Waals surface area contributed by atoms with Gasteiger partial charge in [0.25, 0.3) is 0 Å². The monoisotopic (exact) mass is 381 g/mol. The Morgan fingerprint density at radius 3 is 2.59 bits per heavy atom. The van der Waals surface area contributed by atoms with Gasteiger partial charge >= 0.3 is 5.97 Å². The zero-order chi connectivity index (χ0) is 19.1. The molecule has 4 rings (SSSR count). The van der Waals surface area contributed by atoms with E-state index in [0.717, 1.165) is 34.2 Å². The molecule has 1 aliphatic carbocycles. The van der Waals surface area contributed by atoms with Gasteiger partial charge < -0.3 is 9.84 Å². The minimum Gasteiger partial charge on any atom is -0.481 e. The molecule has 0 saturated heterocycles. The number of carbonyl (C=O) groups is 1. The van der Waals surface area contributed by atoms with Crippen molar-refractivity contribution >= 4 is 27.5 Å². The molecule has 5 heteroatoms. The molecule has 0 fully saturated rings. The number of fused-ring (bicyclic) bond motifs is 3. The van der Waals surface area contributed by atoms with Gasteiger partial charge in [-0.3, -0.25) is 4.79 Å². The highest BCUT2D eigenvalue weighted by atomic mass is 32.1. The van der Waals surface area contributed by atoms with Crippen LogP contribution in [0, 0.1) is 6.92 Å². The summed E-state index contributed by atoms with van der Waals surface area (Å²) in [5.74, 6) is -1.15. The smallest absolute Gasteiger partial charge is 0.310 e. The van der Waals surface area contributed by atoms with Crippen LogP contribution in [-0.2, 0) is 17.6 Å². The lowest BCUT2D eigenvalue weighted by Gasteiger charge is -2.19. The van der Waals surface area contributed by atoms with Crippen molar-refractivity contribution in [3.8, 4) is 17.0 Å². The number of aromatic nitrogens is 1. The number of nitrogens with zero attached hydrogens (tertiary/aromatic N) is 1. The summed E-state index contributed by atoms with van der Waals surface area (Å²) >= 11 is 1.73. The minimum atomic E-state index is -0.869. The molecule has 0 bridgehead atoms. The van der Waals surface area contributed by atoms with Crippen LogP contribution in [-0.4, -0.2) is 23.2 Å². The molecule has 0 amide bonds. The summed E-state index contributed by atoms with van der Waals surface area (Å²) in [6.45, 7) is 3.77. The molecular weight excluding hydrogens is 358 g/mol. The number of rotatable bonds is 4. The van der Waals surface area contributed by atoms with Crippen LogP contribution in [0.5, 0.6) is 5.88 Å². The molecule has 1 N–H and O–H groups in total. The zero-order valence-corrected chi connectivity index (χ0v) is 16.7. The fourth-order valence-electron chi connectivity index (χ4n) is 3.98. The van der Waals surface area contributed by atoms with Crippen LogP contribution >= 0.6 is 11.3 Å². The van der Waals surface area contributed by atoms with Crippen molar-refractivity contribution in [1.29, 1.82) is 0 Å². The van der Waals surface area contributed by atoms with Crippen LogP contribution in [0.4, 0.5) is 0 Å². The molecule has 2 aromatic heterocycles. The molecule has 1 atom stereocenters. The number of pyridine rings is 1. The van der Waals surface area contributed by atoms with E-state index in [4.69, 9.17) is 9.72 Å². The van der Waals surface area contributed by atoms with E-state index in [1.807, 2.05) is 0 Å². The van der Waals surface area contributed by atoms with Crippen LogP contribution < -0.4 is 4.74 Å². The van der Waals surface area contributed by atoms with Gasteiger partial charge in [0, 0.05) is 21.4 Å². The minimum absolute atomic E-state index is 0.423. The summed E-state index contributed by atoms with van der Waals surface area (Å²) in [6.07, 6.45) is 4.48. The molecule has 0 spiro atoms. The summed E-state index contributed by atoms with van der Waals surface area (Å²) in [5, 5.41) is 10.9. The van der Waals surface area contributed by atoms with Crippen molar-refractivity contribution in [2.24, 2.45) is 0 Å². The van der Waals surface area contributed by atoms with Crippen LogP contribution in [0.1, 0.15) is 47.3 Å². The lowest BCUT2D eigenvalue weighted by atomic mass is 9.87. The number of thiophene rings is 1. The van der Waals surface area contributed by atoms with E-state index in [-0.39, 0.29) is 0 Å². The van der Waals surface area contributed by atoms with E-state index in [0.29, 0.717) is 11.4 Å². The quantitative estimate of drug-likeness (QED) is 0.662. The Morgan fingerprint density at radius 1 is 1.22 bits per heavy atom. The van der Waals surface area contributed by atoms with Crippen molar-refractivity contribution in [3.63, 3.8) is 0 Å². The van der Waals surface area contributed by atoms with Gasteiger partial charge in [-0.05, 0) is 50.7 Å². The maximum absolute atomic E-state index is 11.9. The van der Waals surface area contributed by atoms with E-state index < -0.39 is 11.9 Å². The molecule has 1 aromatic carbocycles. The molecule has 2 heterocycles.